The molecule has 2 heteroatoms. The van der Waals surface area contributed by atoms with Crippen molar-refractivity contribution in [2.24, 2.45) is 11.8 Å². The summed E-state index contributed by atoms with van der Waals surface area (Å²) in [5.74, 6) is 1.84. The van der Waals surface area contributed by atoms with E-state index in [9.17, 15) is 0 Å². The Bertz CT molecular complexity index is 221. The third-order valence-corrected chi connectivity index (χ3v) is 4.69. The van der Waals surface area contributed by atoms with Crippen molar-refractivity contribution in [2.75, 3.05) is 13.2 Å². The second-order valence-electron chi connectivity index (χ2n) is 6.87. The number of nitrogens with one attached hydrogen (secondary N) is 1. The van der Waals surface area contributed by atoms with Crippen LogP contribution in [0, 0.1) is 11.8 Å². The third kappa shape index (κ3) is 7.08. The lowest BCUT2D eigenvalue weighted by Gasteiger charge is -2.34. The molecule has 0 bridgehead atoms. The molecular formula is C18H37NO. The third-order valence-electron chi connectivity index (χ3n) is 4.69. The largest absolute Gasteiger partial charge is 0.377 e. The Kier molecular flexibility index (Phi) is 9.54. The molecule has 1 fully saturated rings. The summed E-state index contributed by atoms with van der Waals surface area (Å²) in [5.41, 5.74) is 0. The monoisotopic (exact) mass is 283 g/mol. The summed E-state index contributed by atoms with van der Waals surface area (Å²) < 4.78 is 5.88. The predicted molar refractivity (Wildman–Crippen MR) is 88.1 cm³/mol. The summed E-state index contributed by atoms with van der Waals surface area (Å²) >= 11 is 0. The van der Waals surface area contributed by atoms with Crippen molar-refractivity contribution in [3.63, 3.8) is 0 Å². The van der Waals surface area contributed by atoms with E-state index < -0.39 is 0 Å². The second-order valence-corrected chi connectivity index (χ2v) is 6.87. The SMILES string of the molecule is CCCCC1CCC(C(COC(C)C)NCCC)CC1. The zero-order valence-corrected chi connectivity index (χ0v) is 14.3. The van der Waals surface area contributed by atoms with E-state index in [1.807, 2.05) is 0 Å². The fourth-order valence-electron chi connectivity index (χ4n) is 3.36. The molecule has 2 nitrogen and oxygen atoms in total. The van der Waals surface area contributed by atoms with Gasteiger partial charge in [0.05, 0.1) is 12.7 Å². The van der Waals surface area contributed by atoms with Gasteiger partial charge in [-0.25, -0.2) is 0 Å². The van der Waals surface area contributed by atoms with E-state index in [1.165, 1.54) is 51.4 Å². The van der Waals surface area contributed by atoms with E-state index >= 15 is 0 Å². The van der Waals surface area contributed by atoms with Gasteiger partial charge in [0.2, 0.25) is 0 Å². The first-order chi connectivity index (χ1) is 9.67. The van der Waals surface area contributed by atoms with Gasteiger partial charge in [-0.05, 0) is 51.5 Å². The molecule has 0 radical (unpaired) electrons. The van der Waals surface area contributed by atoms with E-state index in [2.05, 4.69) is 33.0 Å². The van der Waals surface area contributed by atoms with Crippen molar-refractivity contribution >= 4 is 0 Å². The normalized spacial score (nSPS) is 25.1. The van der Waals surface area contributed by atoms with Gasteiger partial charge in [0.25, 0.3) is 0 Å². The Balaban J connectivity index is 2.35. The van der Waals surface area contributed by atoms with Gasteiger partial charge in [0.15, 0.2) is 0 Å². The fraction of sp³-hybridized carbons (Fsp3) is 1.00. The molecule has 1 N–H and O–H groups in total. The van der Waals surface area contributed by atoms with Crippen LogP contribution < -0.4 is 5.32 Å². The molecule has 1 aliphatic rings. The Morgan fingerprint density at radius 1 is 1.05 bits per heavy atom. The number of hydrogen-bond donors (Lipinski definition) is 1. The second kappa shape index (κ2) is 10.6. The Morgan fingerprint density at radius 2 is 1.75 bits per heavy atom. The molecule has 0 spiro atoms. The molecule has 0 aliphatic heterocycles. The quantitative estimate of drug-likeness (QED) is 0.623. The molecule has 0 aromatic rings. The van der Waals surface area contributed by atoms with E-state index in [1.54, 1.807) is 0 Å². The minimum absolute atomic E-state index is 0.349. The first-order valence-corrected chi connectivity index (χ1v) is 9.02. The molecule has 1 unspecified atom stereocenters. The van der Waals surface area contributed by atoms with Crippen LogP contribution in [0.3, 0.4) is 0 Å². The van der Waals surface area contributed by atoms with Gasteiger partial charge < -0.3 is 10.1 Å². The van der Waals surface area contributed by atoms with Crippen molar-refractivity contribution in [1.29, 1.82) is 0 Å². The summed E-state index contributed by atoms with van der Waals surface area (Å²) in [5, 5.41) is 3.73. The van der Waals surface area contributed by atoms with Crippen molar-refractivity contribution in [2.45, 2.75) is 91.2 Å². The molecule has 1 saturated carbocycles. The highest BCUT2D eigenvalue weighted by atomic mass is 16.5. The standard InChI is InChI=1S/C18H37NO/c1-5-7-8-16-9-11-17(12-10-16)18(19-13-6-2)14-20-15(3)4/h15-19H,5-14H2,1-4H3. The lowest BCUT2D eigenvalue weighted by Crippen LogP contribution is -2.42. The zero-order chi connectivity index (χ0) is 14.8. The first kappa shape index (κ1) is 18.0. The van der Waals surface area contributed by atoms with Gasteiger partial charge in [-0.3, -0.25) is 0 Å². The van der Waals surface area contributed by atoms with E-state index in [4.69, 9.17) is 4.74 Å². The Morgan fingerprint density at radius 3 is 2.30 bits per heavy atom. The number of ether oxygens (including phenoxy) is 1. The van der Waals surface area contributed by atoms with Gasteiger partial charge in [-0.15, -0.1) is 0 Å². The molecule has 0 aromatic heterocycles. The minimum Gasteiger partial charge on any atom is -0.377 e. The molecule has 0 aromatic carbocycles. The number of hydrogen-bond acceptors (Lipinski definition) is 2. The Labute approximate surface area is 127 Å². The van der Waals surface area contributed by atoms with Crippen LogP contribution in [-0.2, 0) is 4.74 Å². The lowest BCUT2D eigenvalue weighted by molar-refractivity contribution is 0.0399. The van der Waals surface area contributed by atoms with Crippen LogP contribution in [0.4, 0.5) is 0 Å². The first-order valence-electron chi connectivity index (χ1n) is 9.02. The summed E-state index contributed by atoms with van der Waals surface area (Å²) in [6.45, 7) is 10.8. The average Bonchev–Trinajstić information content (AvgIpc) is 2.46. The van der Waals surface area contributed by atoms with Gasteiger partial charge in [0.1, 0.15) is 0 Å². The molecule has 120 valence electrons. The van der Waals surface area contributed by atoms with Gasteiger partial charge in [-0.2, -0.15) is 0 Å². The van der Waals surface area contributed by atoms with Crippen molar-refractivity contribution in [1.82, 2.24) is 5.32 Å². The molecule has 0 amide bonds. The lowest BCUT2D eigenvalue weighted by atomic mass is 9.77. The number of unbranched alkanes of at least 4 members (excludes halogenated alkanes) is 1. The molecule has 1 aliphatic carbocycles. The van der Waals surface area contributed by atoms with Crippen molar-refractivity contribution in [3.05, 3.63) is 0 Å². The van der Waals surface area contributed by atoms with Crippen molar-refractivity contribution in [3.8, 4) is 0 Å². The Hall–Kier alpha value is -0.0800. The number of rotatable bonds is 10. The molecule has 1 atom stereocenters. The van der Waals surface area contributed by atoms with Crippen LogP contribution in [0.1, 0.15) is 79.1 Å². The van der Waals surface area contributed by atoms with E-state index in [0.717, 1.165) is 25.0 Å². The summed E-state index contributed by atoms with van der Waals surface area (Å²) in [6.07, 6.45) is 11.5. The highest BCUT2D eigenvalue weighted by molar-refractivity contribution is 4.82. The minimum atomic E-state index is 0.349. The molecule has 20 heavy (non-hydrogen) atoms. The maximum absolute atomic E-state index is 5.88. The summed E-state index contributed by atoms with van der Waals surface area (Å²) in [7, 11) is 0. The smallest absolute Gasteiger partial charge is 0.0625 e. The molecule has 0 heterocycles. The highest BCUT2D eigenvalue weighted by Crippen LogP contribution is 2.33. The molecule has 0 saturated heterocycles. The average molecular weight is 284 g/mol. The van der Waals surface area contributed by atoms with Crippen molar-refractivity contribution < 1.29 is 4.74 Å². The zero-order valence-electron chi connectivity index (χ0n) is 14.3. The van der Waals surface area contributed by atoms with Crippen LogP contribution in [0.2, 0.25) is 0 Å². The molecule has 1 rings (SSSR count). The van der Waals surface area contributed by atoms with Crippen LogP contribution in [0.25, 0.3) is 0 Å². The van der Waals surface area contributed by atoms with E-state index in [-0.39, 0.29) is 0 Å². The molecular weight excluding hydrogens is 246 g/mol. The van der Waals surface area contributed by atoms with Crippen LogP contribution in [-0.4, -0.2) is 25.3 Å². The topological polar surface area (TPSA) is 21.3 Å². The summed E-state index contributed by atoms with van der Waals surface area (Å²) in [4.78, 5) is 0. The maximum atomic E-state index is 5.88. The van der Waals surface area contributed by atoms with Crippen LogP contribution in [0.15, 0.2) is 0 Å². The van der Waals surface area contributed by atoms with E-state index in [0.29, 0.717) is 12.1 Å². The van der Waals surface area contributed by atoms with Gasteiger partial charge in [0, 0.05) is 6.04 Å². The maximum Gasteiger partial charge on any atom is 0.0625 e. The summed E-state index contributed by atoms with van der Waals surface area (Å²) in [6, 6.07) is 0.574. The highest BCUT2D eigenvalue weighted by Gasteiger charge is 2.27. The van der Waals surface area contributed by atoms with Gasteiger partial charge >= 0.3 is 0 Å². The van der Waals surface area contributed by atoms with Crippen LogP contribution in [0.5, 0.6) is 0 Å². The van der Waals surface area contributed by atoms with Gasteiger partial charge in [-0.1, -0.05) is 46.0 Å². The van der Waals surface area contributed by atoms with Crippen LogP contribution >= 0.6 is 0 Å². The fourth-order valence-corrected chi connectivity index (χ4v) is 3.36. The predicted octanol–water partition coefficient (Wildman–Crippen LogP) is 4.78.